The maximum atomic E-state index is 12.1. The van der Waals surface area contributed by atoms with Crippen molar-refractivity contribution in [1.82, 2.24) is 10.6 Å². The number of azide groups is 1. The molecule has 1 unspecified atom stereocenters. The highest BCUT2D eigenvalue weighted by Gasteiger charge is 2.11. The third-order valence-corrected chi connectivity index (χ3v) is 4.73. The molecule has 0 heterocycles. The van der Waals surface area contributed by atoms with E-state index in [2.05, 4.69) is 53.3 Å². The Hall–Kier alpha value is -3.25. The molecule has 1 rings (SSSR count). The maximum Gasteiger partial charge on any atom is 0.251 e. The molecule has 2 N–H and O–H groups in total. The molecule has 0 bridgehead atoms. The zero-order chi connectivity index (χ0) is 29.7. The van der Waals surface area contributed by atoms with Gasteiger partial charge in [0.05, 0.1) is 32.4 Å². The largest absolute Gasteiger partial charge is 0.493 e. The van der Waals surface area contributed by atoms with Gasteiger partial charge in [0.1, 0.15) is 12.4 Å². The van der Waals surface area contributed by atoms with Crippen molar-refractivity contribution in [1.29, 1.82) is 0 Å². The molecule has 0 aliphatic heterocycles. The van der Waals surface area contributed by atoms with Crippen LogP contribution >= 0.6 is 0 Å². The Balaban J connectivity index is 0.000000794. The number of rotatable bonds is 14. The van der Waals surface area contributed by atoms with Crippen molar-refractivity contribution in [2.75, 3.05) is 46.6 Å². The Morgan fingerprint density at radius 3 is 2.46 bits per heavy atom. The summed E-state index contributed by atoms with van der Waals surface area (Å²) in [5.74, 6) is 6.26. The normalized spacial score (nSPS) is 11.5. The van der Waals surface area contributed by atoms with E-state index in [-0.39, 0.29) is 41.9 Å². The molecule has 0 aliphatic carbocycles. The van der Waals surface area contributed by atoms with E-state index in [1.54, 1.807) is 38.3 Å². The number of amides is 2. The van der Waals surface area contributed by atoms with E-state index in [4.69, 9.17) is 19.7 Å². The molecule has 0 aromatic heterocycles. The van der Waals surface area contributed by atoms with E-state index in [9.17, 15) is 9.59 Å². The number of methoxy groups -OCH3 is 1. The van der Waals surface area contributed by atoms with Gasteiger partial charge in [-0.05, 0) is 62.8 Å². The molecule has 0 spiro atoms. The molecule has 10 heteroatoms. The van der Waals surface area contributed by atoms with Gasteiger partial charge in [-0.15, -0.1) is 0 Å². The van der Waals surface area contributed by atoms with E-state index in [1.807, 2.05) is 20.8 Å². The number of benzene rings is 1. The lowest BCUT2D eigenvalue weighted by Gasteiger charge is -2.17. The minimum atomic E-state index is -0.255. The molecule has 0 fully saturated rings. The van der Waals surface area contributed by atoms with E-state index in [0.717, 1.165) is 12.8 Å². The van der Waals surface area contributed by atoms with Gasteiger partial charge in [0.15, 0.2) is 0 Å². The summed E-state index contributed by atoms with van der Waals surface area (Å²) >= 11 is 0. The van der Waals surface area contributed by atoms with Crippen molar-refractivity contribution in [2.24, 2.45) is 15.9 Å². The van der Waals surface area contributed by atoms with Gasteiger partial charge >= 0.3 is 0 Å². The molecular weight excluding hydrogens is 498 g/mol. The van der Waals surface area contributed by atoms with Crippen molar-refractivity contribution in [3.05, 3.63) is 40.3 Å². The summed E-state index contributed by atoms with van der Waals surface area (Å²) in [5, 5.41) is 9.12. The zero-order valence-electron chi connectivity index (χ0n) is 24.9. The molecular formula is C29H47N5O5. The van der Waals surface area contributed by atoms with Crippen LogP contribution in [0.3, 0.4) is 0 Å². The second kappa shape index (κ2) is 19.8. The van der Waals surface area contributed by atoms with Gasteiger partial charge in [-0.3, -0.25) is 9.59 Å². The summed E-state index contributed by atoms with van der Waals surface area (Å²) in [7, 11) is 1.59. The second-order valence-corrected chi connectivity index (χ2v) is 11.2. The Bertz CT molecular complexity index is 967. The summed E-state index contributed by atoms with van der Waals surface area (Å²) in [6, 6.07) is 6.75. The highest BCUT2D eigenvalue weighted by Crippen LogP contribution is 2.20. The van der Waals surface area contributed by atoms with E-state index >= 15 is 0 Å². The second-order valence-electron chi connectivity index (χ2n) is 11.2. The van der Waals surface area contributed by atoms with Crippen molar-refractivity contribution >= 4 is 11.8 Å². The Labute approximate surface area is 234 Å². The monoisotopic (exact) mass is 545 g/mol. The van der Waals surface area contributed by atoms with E-state index < -0.39 is 0 Å². The van der Waals surface area contributed by atoms with E-state index in [0.29, 0.717) is 37.6 Å². The van der Waals surface area contributed by atoms with Gasteiger partial charge in [-0.1, -0.05) is 50.7 Å². The predicted octanol–water partition coefficient (Wildman–Crippen LogP) is 5.14. The molecule has 2 amide bonds. The van der Waals surface area contributed by atoms with Gasteiger partial charge in [0.25, 0.3) is 5.91 Å². The fourth-order valence-electron chi connectivity index (χ4n) is 2.80. The Morgan fingerprint density at radius 1 is 1.13 bits per heavy atom. The predicted molar refractivity (Wildman–Crippen MR) is 155 cm³/mol. The summed E-state index contributed by atoms with van der Waals surface area (Å²) in [4.78, 5) is 26.0. The first-order valence-corrected chi connectivity index (χ1v) is 13.2. The summed E-state index contributed by atoms with van der Waals surface area (Å²) in [5.41, 5.74) is 9.17. The van der Waals surface area contributed by atoms with Crippen molar-refractivity contribution < 1.29 is 23.8 Å². The maximum absolute atomic E-state index is 12.1. The molecule has 1 aromatic rings. The number of nitrogens with one attached hydrogen (secondary N) is 2. The molecule has 218 valence electrons. The van der Waals surface area contributed by atoms with E-state index in [1.165, 1.54) is 0 Å². The average molecular weight is 546 g/mol. The Morgan fingerprint density at radius 2 is 1.85 bits per heavy atom. The van der Waals surface area contributed by atoms with Crippen LogP contribution in [0.5, 0.6) is 5.75 Å². The summed E-state index contributed by atoms with van der Waals surface area (Å²) < 4.78 is 15.4. The first kappa shape index (κ1) is 35.8. The third kappa shape index (κ3) is 22.4. The minimum absolute atomic E-state index is 0.0281. The van der Waals surface area contributed by atoms with Gasteiger partial charge < -0.3 is 24.8 Å². The van der Waals surface area contributed by atoms with Crippen LogP contribution in [-0.4, -0.2) is 64.5 Å². The average Bonchev–Trinajstić information content (AvgIpc) is 2.85. The number of ether oxygens (including phenoxy) is 3. The number of nitrogens with zero attached hydrogens (tertiary/aromatic N) is 3. The van der Waals surface area contributed by atoms with Crippen LogP contribution in [-0.2, 0) is 14.3 Å². The van der Waals surface area contributed by atoms with Crippen LogP contribution in [0.1, 0.15) is 71.7 Å². The summed E-state index contributed by atoms with van der Waals surface area (Å²) in [6.45, 7) is 16.7. The van der Waals surface area contributed by atoms with Gasteiger partial charge in [0, 0.05) is 29.5 Å². The molecule has 0 aliphatic rings. The zero-order valence-corrected chi connectivity index (χ0v) is 24.9. The first-order valence-electron chi connectivity index (χ1n) is 13.2. The number of carbonyl (C=O) groups excluding carboxylic acids is 2. The highest BCUT2D eigenvalue weighted by molar-refractivity contribution is 5.94. The molecule has 0 saturated carbocycles. The fraction of sp³-hybridized carbons (Fsp3) is 0.655. The van der Waals surface area contributed by atoms with Crippen LogP contribution in [0.25, 0.3) is 10.4 Å². The lowest BCUT2D eigenvalue weighted by atomic mass is 9.91. The first-order chi connectivity index (χ1) is 18.3. The molecule has 10 nitrogen and oxygen atoms in total. The van der Waals surface area contributed by atoms with Gasteiger partial charge in [-0.25, -0.2) is 0 Å². The van der Waals surface area contributed by atoms with Gasteiger partial charge in [0.2, 0.25) is 5.91 Å². The lowest BCUT2D eigenvalue weighted by Crippen LogP contribution is -2.28. The lowest BCUT2D eigenvalue weighted by molar-refractivity contribution is -0.125. The summed E-state index contributed by atoms with van der Waals surface area (Å²) in [6.07, 6.45) is 2.02. The van der Waals surface area contributed by atoms with Crippen LogP contribution in [0.15, 0.2) is 29.4 Å². The minimum Gasteiger partial charge on any atom is -0.493 e. The van der Waals surface area contributed by atoms with Gasteiger partial charge in [-0.2, -0.15) is 0 Å². The number of hydrogen-bond donors (Lipinski definition) is 2. The topological polar surface area (TPSA) is 135 Å². The molecule has 1 aromatic carbocycles. The number of carbonyl (C=O) groups is 2. The van der Waals surface area contributed by atoms with Crippen molar-refractivity contribution in [2.45, 2.75) is 67.3 Å². The smallest absolute Gasteiger partial charge is 0.251 e. The fourth-order valence-corrected chi connectivity index (χ4v) is 2.80. The Kier molecular flexibility index (Phi) is 18.1. The van der Waals surface area contributed by atoms with Crippen molar-refractivity contribution in [3.63, 3.8) is 0 Å². The van der Waals surface area contributed by atoms with Crippen LogP contribution in [0.2, 0.25) is 0 Å². The standard InChI is InChI=1S/C17H26N4O2.C12H21NO3/c1-13(20-21-18)12-23-15-8-5-7-14(11-15)16(22)19-10-6-9-17(2,3)4;1-12(2,3)6-5-7-13-11(14)10-16-9-8-15-4/h5,7-8,11,13H,6,9-10,12H2,1-4H3,(H,19,22);7-10H2,1-4H3,(H,13,14). The molecule has 0 radical (unpaired) electrons. The number of hydrogen-bond acceptors (Lipinski definition) is 6. The highest BCUT2D eigenvalue weighted by atomic mass is 16.5. The van der Waals surface area contributed by atoms with Crippen LogP contribution in [0, 0.1) is 22.7 Å². The van der Waals surface area contributed by atoms with Crippen molar-refractivity contribution in [3.8, 4) is 17.6 Å². The SMILES string of the molecule is CC(COc1cccc(C(=O)NCCCC(C)(C)C)c1)N=[N+]=[N-].COCCOCC(=O)NCC#CC(C)(C)C. The van der Waals surface area contributed by atoms with Crippen LogP contribution < -0.4 is 15.4 Å². The molecule has 0 saturated heterocycles. The quantitative estimate of drug-likeness (QED) is 0.110. The van der Waals surface area contributed by atoms with Crippen LogP contribution in [0.4, 0.5) is 0 Å². The molecule has 1 atom stereocenters. The third-order valence-electron chi connectivity index (χ3n) is 4.73. The molecule has 39 heavy (non-hydrogen) atoms.